The summed E-state index contributed by atoms with van der Waals surface area (Å²) in [5.74, 6) is 0. The summed E-state index contributed by atoms with van der Waals surface area (Å²) in [7, 11) is 0. The molecule has 2 aromatic carbocycles. The Morgan fingerprint density at radius 1 is 1.00 bits per heavy atom. The average molecular weight is 386 g/mol. The number of alkyl halides is 1. The molecule has 1 atom stereocenters. The minimum atomic E-state index is 0.0456. The van der Waals surface area contributed by atoms with E-state index in [-0.39, 0.29) is 4.83 Å². The lowest BCUT2D eigenvalue weighted by Crippen LogP contribution is -1.94. The zero-order chi connectivity index (χ0) is 14.3. The number of benzene rings is 2. The van der Waals surface area contributed by atoms with Gasteiger partial charge in [0, 0.05) is 5.56 Å². The minimum Gasteiger partial charge on any atom is -0.111 e. The van der Waals surface area contributed by atoms with Gasteiger partial charge in [-0.3, -0.25) is 0 Å². The van der Waals surface area contributed by atoms with Crippen LogP contribution in [0, 0.1) is 6.92 Å². The second-order valence-electron chi connectivity index (χ2n) is 4.66. The van der Waals surface area contributed by atoms with Crippen LogP contribution in [0.4, 0.5) is 0 Å². The molecule has 0 spiro atoms. The lowest BCUT2D eigenvalue weighted by atomic mass is 9.97. The van der Waals surface area contributed by atoms with Crippen LogP contribution in [0.15, 0.2) is 42.5 Å². The van der Waals surface area contributed by atoms with Gasteiger partial charge in [0.1, 0.15) is 0 Å². The lowest BCUT2D eigenvalue weighted by Gasteiger charge is -2.14. The van der Waals surface area contributed by atoms with Crippen LogP contribution in [-0.2, 0) is 0 Å². The fourth-order valence-corrected chi connectivity index (χ4v) is 4.96. The Kier molecular flexibility index (Phi) is 4.09. The highest BCUT2D eigenvalue weighted by atomic mass is 79.9. The van der Waals surface area contributed by atoms with Gasteiger partial charge in [0.25, 0.3) is 0 Å². The molecule has 0 N–H and O–H groups in total. The van der Waals surface area contributed by atoms with Gasteiger partial charge < -0.3 is 0 Å². The number of aryl methyl sites for hydroxylation is 1. The smallest absolute Gasteiger partial charge is 0.0990 e. The standard InChI is InChI=1S/C16H11BrCl2S/c1-9-6-7-12(11-5-3-2-4-10(9)11)15(17)13-8-14(18)20-16(13)19/h2-8,15H,1H3. The van der Waals surface area contributed by atoms with Crippen LogP contribution >= 0.6 is 50.5 Å². The first-order valence-corrected chi connectivity index (χ1v) is 8.64. The van der Waals surface area contributed by atoms with Crippen molar-refractivity contribution in [1.82, 2.24) is 0 Å². The highest BCUT2D eigenvalue weighted by molar-refractivity contribution is 9.09. The summed E-state index contributed by atoms with van der Waals surface area (Å²) in [5.41, 5.74) is 3.51. The minimum absolute atomic E-state index is 0.0456. The molecule has 0 bridgehead atoms. The van der Waals surface area contributed by atoms with Crippen LogP contribution in [0.1, 0.15) is 21.5 Å². The van der Waals surface area contributed by atoms with Gasteiger partial charge in [0.2, 0.25) is 0 Å². The summed E-state index contributed by atoms with van der Waals surface area (Å²) >= 11 is 17.5. The molecule has 0 fully saturated rings. The van der Waals surface area contributed by atoms with Crippen molar-refractivity contribution < 1.29 is 0 Å². The van der Waals surface area contributed by atoms with Crippen molar-refractivity contribution in [3.8, 4) is 0 Å². The van der Waals surface area contributed by atoms with Crippen molar-refractivity contribution in [2.75, 3.05) is 0 Å². The van der Waals surface area contributed by atoms with E-state index in [1.807, 2.05) is 6.07 Å². The molecule has 4 heteroatoms. The molecule has 0 aliphatic heterocycles. The largest absolute Gasteiger partial charge is 0.111 e. The number of hydrogen-bond donors (Lipinski definition) is 0. The third-order valence-electron chi connectivity index (χ3n) is 3.40. The topological polar surface area (TPSA) is 0 Å². The van der Waals surface area contributed by atoms with Crippen molar-refractivity contribution in [2.45, 2.75) is 11.8 Å². The predicted molar refractivity (Wildman–Crippen MR) is 93.8 cm³/mol. The van der Waals surface area contributed by atoms with Gasteiger partial charge >= 0.3 is 0 Å². The molecular weight excluding hydrogens is 375 g/mol. The SMILES string of the molecule is Cc1ccc(C(Br)c2cc(Cl)sc2Cl)c2ccccc12. The normalized spacial score (nSPS) is 12.8. The zero-order valence-electron chi connectivity index (χ0n) is 10.7. The molecule has 0 aliphatic rings. The zero-order valence-corrected chi connectivity index (χ0v) is 14.6. The molecule has 20 heavy (non-hydrogen) atoms. The fourth-order valence-electron chi connectivity index (χ4n) is 2.39. The highest BCUT2D eigenvalue weighted by Crippen LogP contribution is 2.43. The van der Waals surface area contributed by atoms with Crippen LogP contribution in [0.25, 0.3) is 10.8 Å². The Morgan fingerprint density at radius 3 is 2.35 bits per heavy atom. The second-order valence-corrected chi connectivity index (χ2v) is 7.86. The number of fused-ring (bicyclic) bond motifs is 1. The van der Waals surface area contributed by atoms with Crippen molar-refractivity contribution >= 4 is 61.2 Å². The lowest BCUT2D eigenvalue weighted by molar-refractivity contribution is 1.21. The van der Waals surface area contributed by atoms with E-state index >= 15 is 0 Å². The maximum atomic E-state index is 6.28. The third-order valence-corrected chi connectivity index (χ3v) is 5.91. The Bertz CT molecular complexity index is 779. The summed E-state index contributed by atoms with van der Waals surface area (Å²) < 4.78 is 1.45. The van der Waals surface area contributed by atoms with E-state index in [9.17, 15) is 0 Å². The van der Waals surface area contributed by atoms with E-state index in [0.717, 1.165) is 9.90 Å². The molecule has 0 radical (unpaired) electrons. The van der Waals surface area contributed by atoms with E-state index in [1.54, 1.807) is 0 Å². The number of hydrogen-bond acceptors (Lipinski definition) is 1. The molecule has 3 rings (SSSR count). The average Bonchev–Trinajstić information content (AvgIpc) is 2.78. The van der Waals surface area contributed by atoms with Crippen LogP contribution in [0.2, 0.25) is 8.67 Å². The summed E-state index contributed by atoms with van der Waals surface area (Å²) in [4.78, 5) is 0.0456. The van der Waals surface area contributed by atoms with Crippen molar-refractivity contribution in [3.05, 3.63) is 67.8 Å². The van der Waals surface area contributed by atoms with Crippen molar-refractivity contribution in [2.24, 2.45) is 0 Å². The van der Waals surface area contributed by atoms with Gasteiger partial charge in [0.05, 0.1) is 13.5 Å². The summed E-state index contributed by atoms with van der Waals surface area (Å²) in [6.45, 7) is 2.13. The van der Waals surface area contributed by atoms with Gasteiger partial charge in [-0.1, -0.05) is 75.5 Å². The quantitative estimate of drug-likeness (QED) is 0.416. The summed E-state index contributed by atoms with van der Waals surface area (Å²) in [5, 5.41) is 2.51. The van der Waals surface area contributed by atoms with Crippen LogP contribution in [0.5, 0.6) is 0 Å². The maximum absolute atomic E-state index is 6.28. The van der Waals surface area contributed by atoms with Gasteiger partial charge in [0.15, 0.2) is 0 Å². The molecule has 1 unspecified atom stereocenters. The summed E-state index contributed by atoms with van der Waals surface area (Å²) in [6.07, 6.45) is 0. The van der Waals surface area contributed by atoms with E-state index in [4.69, 9.17) is 23.2 Å². The Morgan fingerprint density at radius 2 is 1.70 bits per heavy atom. The second kappa shape index (κ2) is 5.69. The van der Waals surface area contributed by atoms with Gasteiger partial charge in [-0.25, -0.2) is 0 Å². The van der Waals surface area contributed by atoms with Gasteiger partial charge in [-0.2, -0.15) is 0 Å². The molecule has 1 heterocycles. The van der Waals surface area contributed by atoms with Gasteiger partial charge in [-0.05, 0) is 34.9 Å². The van der Waals surface area contributed by atoms with Crippen LogP contribution < -0.4 is 0 Å². The van der Waals surface area contributed by atoms with Crippen molar-refractivity contribution in [3.63, 3.8) is 0 Å². The number of halogens is 3. The first-order chi connectivity index (χ1) is 9.58. The molecule has 0 aliphatic carbocycles. The molecule has 1 aromatic heterocycles. The molecule has 0 saturated carbocycles. The maximum Gasteiger partial charge on any atom is 0.0990 e. The monoisotopic (exact) mass is 384 g/mol. The summed E-state index contributed by atoms with van der Waals surface area (Å²) in [6, 6.07) is 14.7. The number of rotatable bonds is 2. The highest BCUT2D eigenvalue weighted by Gasteiger charge is 2.19. The van der Waals surface area contributed by atoms with Crippen LogP contribution in [0.3, 0.4) is 0 Å². The molecular formula is C16H11BrCl2S. The van der Waals surface area contributed by atoms with Gasteiger partial charge in [-0.15, -0.1) is 11.3 Å². The number of thiophene rings is 1. The third kappa shape index (κ3) is 2.50. The van der Waals surface area contributed by atoms with E-state index < -0.39 is 0 Å². The Labute approximate surface area is 140 Å². The molecule has 0 saturated heterocycles. The molecule has 0 nitrogen and oxygen atoms in total. The van der Waals surface area contributed by atoms with E-state index in [2.05, 4.69) is 59.3 Å². The Balaban J connectivity index is 2.20. The van der Waals surface area contributed by atoms with E-state index in [0.29, 0.717) is 4.34 Å². The predicted octanol–water partition coefficient (Wildman–Crippen LogP) is 7.00. The first kappa shape index (κ1) is 14.4. The van der Waals surface area contributed by atoms with E-state index in [1.165, 1.54) is 33.2 Å². The van der Waals surface area contributed by atoms with Crippen LogP contribution in [-0.4, -0.2) is 0 Å². The molecule has 3 aromatic rings. The fraction of sp³-hybridized carbons (Fsp3) is 0.125. The first-order valence-electron chi connectivity index (χ1n) is 6.15. The molecule has 0 amide bonds. The Hall–Kier alpha value is -0.540. The molecule has 102 valence electrons. The van der Waals surface area contributed by atoms with Crippen molar-refractivity contribution in [1.29, 1.82) is 0 Å².